The van der Waals surface area contributed by atoms with E-state index in [9.17, 15) is 4.39 Å². The van der Waals surface area contributed by atoms with Gasteiger partial charge in [0.15, 0.2) is 0 Å². The van der Waals surface area contributed by atoms with Gasteiger partial charge in [-0.05, 0) is 48.1 Å². The van der Waals surface area contributed by atoms with E-state index in [1.165, 1.54) is 25.0 Å². The molecular formula is C20H22ClFN6. The molecular weight excluding hydrogens is 379 g/mol. The quantitative estimate of drug-likeness (QED) is 0.666. The van der Waals surface area contributed by atoms with Gasteiger partial charge in [0, 0.05) is 13.2 Å². The van der Waals surface area contributed by atoms with Crippen LogP contribution in [0.25, 0.3) is 0 Å². The van der Waals surface area contributed by atoms with E-state index >= 15 is 0 Å². The molecule has 0 saturated heterocycles. The van der Waals surface area contributed by atoms with Crippen LogP contribution in [0, 0.1) is 11.7 Å². The van der Waals surface area contributed by atoms with Crippen molar-refractivity contribution < 1.29 is 4.39 Å². The van der Waals surface area contributed by atoms with Crippen LogP contribution in [-0.4, -0.2) is 24.5 Å². The summed E-state index contributed by atoms with van der Waals surface area (Å²) in [5, 5.41) is 3.58. The number of nitrogens with one attached hydrogen (secondary N) is 1. The lowest BCUT2D eigenvalue weighted by Crippen LogP contribution is -2.21. The fourth-order valence-electron chi connectivity index (χ4n) is 3.83. The predicted molar refractivity (Wildman–Crippen MR) is 106 cm³/mol. The van der Waals surface area contributed by atoms with Crippen molar-refractivity contribution in [2.24, 2.45) is 13.0 Å². The molecule has 1 fully saturated rings. The molecule has 3 aromatic rings. The molecule has 1 unspecified atom stereocenters. The molecule has 2 heterocycles. The molecule has 4 rings (SSSR count). The Labute approximate surface area is 168 Å². The van der Waals surface area contributed by atoms with Gasteiger partial charge in [0.25, 0.3) is 0 Å². The molecule has 0 radical (unpaired) electrons. The zero-order valence-electron chi connectivity index (χ0n) is 15.6. The van der Waals surface area contributed by atoms with E-state index < -0.39 is 0 Å². The largest absolute Gasteiger partial charge is 0.347 e. The first-order chi connectivity index (χ1) is 13.6. The topological polar surface area (TPSA) is 68.5 Å². The van der Waals surface area contributed by atoms with Gasteiger partial charge >= 0.3 is 0 Å². The molecule has 1 aliphatic rings. The molecule has 8 heteroatoms. The number of benzene rings is 1. The Morgan fingerprint density at radius 2 is 1.93 bits per heavy atom. The van der Waals surface area contributed by atoms with E-state index in [1.807, 2.05) is 29.9 Å². The standard InChI is InChI=1S/C20H22ClFN6/c1-28-11-16(23-12-28)10-17-24-19(21)27-20(25-17)26-18(13-4-2-3-5-13)14-6-8-15(22)9-7-14/h6-9,11-13,18H,2-5,10H2,1H3,(H,24,25,26,27). The van der Waals surface area contributed by atoms with Crippen molar-refractivity contribution in [2.45, 2.75) is 38.1 Å². The van der Waals surface area contributed by atoms with E-state index in [0.29, 0.717) is 24.1 Å². The highest BCUT2D eigenvalue weighted by Crippen LogP contribution is 2.37. The molecule has 1 saturated carbocycles. The maximum atomic E-state index is 13.4. The number of anilines is 1. The third kappa shape index (κ3) is 4.47. The Bertz CT molecular complexity index is 936. The molecule has 0 bridgehead atoms. The second-order valence-electron chi connectivity index (χ2n) is 7.27. The number of hydrogen-bond donors (Lipinski definition) is 1. The van der Waals surface area contributed by atoms with Crippen molar-refractivity contribution in [3.8, 4) is 0 Å². The monoisotopic (exact) mass is 400 g/mol. The molecule has 0 spiro atoms. The first-order valence-electron chi connectivity index (χ1n) is 9.46. The number of hydrogen-bond acceptors (Lipinski definition) is 5. The zero-order chi connectivity index (χ0) is 19.5. The first-order valence-corrected chi connectivity index (χ1v) is 9.84. The normalized spacial score (nSPS) is 15.7. The van der Waals surface area contributed by atoms with Crippen LogP contribution in [0.2, 0.25) is 5.28 Å². The summed E-state index contributed by atoms with van der Waals surface area (Å²) in [5.41, 5.74) is 1.89. The number of rotatable bonds is 6. The van der Waals surface area contributed by atoms with Crippen molar-refractivity contribution in [2.75, 3.05) is 5.32 Å². The van der Waals surface area contributed by atoms with Crippen molar-refractivity contribution in [3.05, 3.63) is 65.0 Å². The van der Waals surface area contributed by atoms with Gasteiger partial charge in [0.05, 0.1) is 24.5 Å². The zero-order valence-corrected chi connectivity index (χ0v) is 16.4. The Morgan fingerprint density at radius 1 is 1.18 bits per heavy atom. The lowest BCUT2D eigenvalue weighted by molar-refractivity contribution is 0.467. The van der Waals surface area contributed by atoms with Gasteiger partial charge in [0.1, 0.15) is 11.6 Å². The molecule has 0 amide bonds. The van der Waals surface area contributed by atoms with Crippen molar-refractivity contribution in [3.63, 3.8) is 0 Å². The number of aromatic nitrogens is 5. The average molecular weight is 401 g/mol. The van der Waals surface area contributed by atoms with Gasteiger partial charge in [-0.3, -0.25) is 0 Å². The number of nitrogens with zero attached hydrogens (tertiary/aromatic N) is 5. The van der Waals surface area contributed by atoms with E-state index in [-0.39, 0.29) is 17.1 Å². The van der Waals surface area contributed by atoms with Crippen LogP contribution >= 0.6 is 11.6 Å². The molecule has 6 nitrogen and oxygen atoms in total. The van der Waals surface area contributed by atoms with E-state index in [2.05, 4.69) is 25.3 Å². The summed E-state index contributed by atoms with van der Waals surface area (Å²) in [4.78, 5) is 17.4. The third-order valence-corrected chi connectivity index (χ3v) is 5.31. The number of halogens is 2. The fourth-order valence-corrected chi connectivity index (χ4v) is 4.01. The summed E-state index contributed by atoms with van der Waals surface area (Å²) in [6.45, 7) is 0. The second-order valence-corrected chi connectivity index (χ2v) is 7.61. The molecule has 1 N–H and O–H groups in total. The molecule has 0 aliphatic heterocycles. The van der Waals surface area contributed by atoms with Gasteiger partial charge in [-0.1, -0.05) is 25.0 Å². The van der Waals surface area contributed by atoms with E-state index in [1.54, 1.807) is 6.33 Å². The van der Waals surface area contributed by atoms with Crippen LogP contribution in [0.5, 0.6) is 0 Å². The minimum atomic E-state index is -0.241. The highest BCUT2D eigenvalue weighted by Gasteiger charge is 2.27. The molecule has 146 valence electrons. The van der Waals surface area contributed by atoms with Crippen LogP contribution < -0.4 is 5.32 Å². The van der Waals surface area contributed by atoms with Crippen molar-refractivity contribution in [1.29, 1.82) is 0 Å². The summed E-state index contributed by atoms with van der Waals surface area (Å²) in [6, 6.07) is 6.63. The van der Waals surface area contributed by atoms with E-state index in [4.69, 9.17) is 11.6 Å². The SMILES string of the molecule is Cn1cnc(Cc2nc(Cl)nc(NC(c3ccc(F)cc3)C3CCCC3)n2)c1. The van der Waals surface area contributed by atoms with Gasteiger partial charge in [-0.15, -0.1) is 0 Å². The highest BCUT2D eigenvalue weighted by atomic mass is 35.5. The van der Waals surface area contributed by atoms with E-state index in [0.717, 1.165) is 24.1 Å². The lowest BCUT2D eigenvalue weighted by Gasteiger charge is -2.25. The minimum Gasteiger partial charge on any atom is -0.347 e. The van der Waals surface area contributed by atoms with Crippen LogP contribution in [0.15, 0.2) is 36.8 Å². The van der Waals surface area contributed by atoms with Crippen LogP contribution in [0.4, 0.5) is 10.3 Å². The Balaban J connectivity index is 1.59. The molecule has 1 aromatic carbocycles. The van der Waals surface area contributed by atoms with Gasteiger partial charge in [-0.25, -0.2) is 14.4 Å². The average Bonchev–Trinajstić information content (AvgIpc) is 3.32. The predicted octanol–water partition coefficient (Wildman–Crippen LogP) is 4.33. The summed E-state index contributed by atoms with van der Waals surface area (Å²) < 4.78 is 15.3. The maximum Gasteiger partial charge on any atom is 0.227 e. The highest BCUT2D eigenvalue weighted by molar-refractivity contribution is 6.28. The third-order valence-electron chi connectivity index (χ3n) is 5.14. The van der Waals surface area contributed by atoms with Crippen LogP contribution in [0.3, 0.4) is 0 Å². The molecule has 2 aromatic heterocycles. The van der Waals surface area contributed by atoms with Gasteiger partial charge in [0.2, 0.25) is 11.2 Å². The Hall–Kier alpha value is -2.54. The van der Waals surface area contributed by atoms with Gasteiger partial charge < -0.3 is 9.88 Å². The van der Waals surface area contributed by atoms with Gasteiger partial charge in [-0.2, -0.15) is 9.97 Å². The van der Waals surface area contributed by atoms with Crippen LogP contribution in [-0.2, 0) is 13.5 Å². The summed E-state index contributed by atoms with van der Waals surface area (Å²) in [5.74, 6) is 1.20. The lowest BCUT2D eigenvalue weighted by atomic mass is 9.92. The first kappa shape index (κ1) is 18.8. The Morgan fingerprint density at radius 3 is 2.61 bits per heavy atom. The van der Waals surface area contributed by atoms with Crippen molar-refractivity contribution >= 4 is 17.5 Å². The molecule has 1 atom stereocenters. The van der Waals surface area contributed by atoms with Crippen molar-refractivity contribution in [1.82, 2.24) is 24.5 Å². The fraction of sp³-hybridized carbons (Fsp3) is 0.400. The summed E-state index contributed by atoms with van der Waals surface area (Å²) >= 11 is 6.15. The maximum absolute atomic E-state index is 13.4. The smallest absolute Gasteiger partial charge is 0.227 e. The van der Waals surface area contributed by atoms with Crippen LogP contribution in [0.1, 0.15) is 48.8 Å². The molecule has 28 heavy (non-hydrogen) atoms. The molecule has 1 aliphatic carbocycles. The number of imidazole rings is 1. The minimum absolute atomic E-state index is 0.00395. The Kier molecular flexibility index (Phi) is 5.52. The number of aryl methyl sites for hydroxylation is 1. The second kappa shape index (κ2) is 8.22. The summed E-state index contributed by atoms with van der Waals surface area (Å²) in [6.07, 6.45) is 8.78. The summed E-state index contributed by atoms with van der Waals surface area (Å²) in [7, 11) is 1.92.